The summed E-state index contributed by atoms with van der Waals surface area (Å²) in [5, 5.41) is 5.13. The number of hydrogen-bond donors (Lipinski definition) is 1. The maximum absolute atomic E-state index is 6.04. The van der Waals surface area contributed by atoms with Gasteiger partial charge in [-0.3, -0.25) is 4.90 Å². The number of halogens is 2. The third-order valence-electron chi connectivity index (χ3n) is 4.25. The molecule has 0 aliphatic carbocycles. The van der Waals surface area contributed by atoms with E-state index in [1.54, 1.807) is 6.07 Å². The van der Waals surface area contributed by atoms with Crippen LogP contribution in [0.15, 0.2) is 54.6 Å². The maximum atomic E-state index is 6.04. The molecule has 3 rings (SSSR count). The zero-order valence-corrected chi connectivity index (χ0v) is 16.7. The van der Waals surface area contributed by atoms with Crippen molar-refractivity contribution in [2.75, 3.05) is 38.0 Å². The summed E-state index contributed by atoms with van der Waals surface area (Å²) in [7, 11) is 0. The number of piperazine rings is 1. The Labute approximate surface area is 170 Å². The molecule has 3 nitrogen and oxygen atoms in total. The summed E-state index contributed by atoms with van der Waals surface area (Å²) >= 11 is 17.6. The lowest BCUT2D eigenvalue weighted by molar-refractivity contribution is 0.200. The van der Waals surface area contributed by atoms with Gasteiger partial charge in [-0.25, -0.2) is 0 Å². The van der Waals surface area contributed by atoms with Crippen LogP contribution in [0.5, 0.6) is 0 Å². The van der Waals surface area contributed by atoms with Crippen LogP contribution >= 0.6 is 35.4 Å². The van der Waals surface area contributed by atoms with Gasteiger partial charge in [0, 0.05) is 48.5 Å². The quantitative estimate of drug-likeness (QED) is 0.719. The topological polar surface area (TPSA) is 18.5 Å². The Morgan fingerprint density at radius 1 is 1.00 bits per heavy atom. The zero-order valence-electron chi connectivity index (χ0n) is 14.4. The number of nitrogens with one attached hydrogen (secondary N) is 1. The second kappa shape index (κ2) is 9.38. The van der Waals surface area contributed by atoms with Crippen molar-refractivity contribution in [1.82, 2.24) is 9.80 Å². The van der Waals surface area contributed by atoms with Gasteiger partial charge in [-0.15, -0.1) is 0 Å². The van der Waals surface area contributed by atoms with Crippen LogP contribution in [0.4, 0.5) is 5.69 Å². The molecule has 1 aliphatic heterocycles. The molecule has 0 amide bonds. The van der Waals surface area contributed by atoms with Crippen molar-refractivity contribution in [3.8, 4) is 0 Å². The van der Waals surface area contributed by atoms with Crippen LogP contribution in [-0.2, 0) is 0 Å². The highest BCUT2D eigenvalue weighted by Crippen LogP contribution is 2.22. The van der Waals surface area contributed by atoms with E-state index in [0.717, 1.165) is 38.4 Å². The second-order valence-corrected chi connectivity index (χ2v) is 7.45. The molecule has 1 saturated heterocycles. The van der Waals surface area contributed by atoms with E-state index in [1.165, 1.54) is 5.56 Å². The maximum Gasteiger partial charge on any atom is 0.173 e. The Hall–Kier alpha value is -1.59. The Morgan fingerprint density at radius 3 is 2.31 bits per heavy atom. The third kappa shape index (κ3) is 5.71. The first-order chi connectivity index (χ1) is 12.6. The highest BCUT2D eigenvalue weighted by molar-refractivity contribution is 7.80. The standard InChI is InChI=1S/C20H21Cl2N3S/c21-17-13-18(22)15-19(14-17)23-20(26)25-11-9-24(10-12-25)8-4-7-16-5-2-1-3-6-16/h1-7,13-15H,8-12H2,(H,23,26)/b7-4+. The van der Waals surface area contributed by atoms with Gasteiger partial charge in [0.15, 0.2) is 5.11 Å². The average Bonchev–Trinajstić information content (AvgIpc) is 2.62. The van der Waals surface area contributed by atoms with Crippen LogP contribution in [-0.4, -0.2) is 47.6 Å². The van der Waals surface area contributed by atoms with E-state index in [9.17, 15) is 0 Å². The fraction of sp³-hybridized carbons (Fsp3) is 0.250. The van der Waals surface area contributed by atoms with Gasteiger partial charge in [-0.05, 0) is 36.0 Å². The lowest BCUT2D eigenvalue weighted by Crippen LogP contribution is -2.49. The molecule has 0 aromatic heterocycles. The first-order valence-corrected chi connectivity index (χ1v) is 9.72. The van der Waals surface area contributed by atoms with E-state index in [4.69, 9.17) is 35.4 Å². The molecule has 2 aromatic carbocycles. The fourth-order valence-corrected chi connectivity index (χ4v) is 3.69. The predicted octanol–water partition coefficient (Wildman–Crippen LogP) is 5.02. The van der Waals surface area contributed by atoms with Gasteiger partial charge in [-0.1, -0.05) is 65.7 Å². The van der Waals surface area contributed by atoms with Crippen LogP contribution in [0.3, 0.4) is 0 Å². The molecule has 1 heterocycles. The molecule has 136 valence electrons. The molecule has 2 aromatic rings. The van der Waals surface area contributed by atoms with Crippen molar-refractivity contribution in [2.45, 2.75) is 0 Å². The van der Waals surface area contributed by atoms with Gasteiger partial charge >= 0.3 is 0 Å². The van der Waals surface area contributed by atoms with Gasteiger partial charge in [0.05, 0.1) is 0 Å². The van der Waals surface area contributed by atoms with Gasteiger partial charge in [0.2, 0.25) is 0 Å². The monoisotopic (exact) mass is 405 g/mol. The zero-order chi connectivity index (χ0) is 18.4. The number of rotatable bonds is 4. The molecule has 0 saturated carbocycles. The minimum absolute atomic E-state index is 0.595. The van der Waals surface area contributed by atoms with Crippen molar-refractivity contribution >= 4 is 52.3 Å². The van der Waals surface area contributed by atoms with Gasteiger partial charge < -0.3 is 10.2 Å². The summed E-state index contributed by atoms with van der Waals surface area (Å²) < 4.78 is 0. The van der Waals surface area contributed by atoms with Crippen LogP contribution in [0.2, 0.25) is 10.0 Å². The molecule has 1 aliphatic rings. The average molecular weight is 406 g/mol. The Morgan fingerprint density at radius 2 is 1.65 bits per heavy atom. The van der Waals surface area contributed by atoms with Gasteiger partial charge in [-0.2, -0.15) is 0 Å². The van der Waals surface area contributed by atoms with Gasteiger partial charge in [0.25, 0.3) is 0 Å². The van der Waals surface area contributed by atoms with Crippen LogP contribution < -0.4 is 5.32 Å². The SMILES string of the molecule is S=C(Nc1cc(Cl)cc(Cl)c1)N1CCN(C/C=C/c2ccccc2)CC1. The van der Waals surface area contributed by atoms with E-state index >= 15 is 0 Å². The molecule has 0 radical (unpaired) electrons. The first kappa shape index (κ1) is 19.2. The van der Waals surface area contributed by atoms with E-state index in [1.807, 2.05) is 18.2 Å². The van der Waals surface area contributed by atoms with Crippen molar-refractivity contribution in [3.05, 3.63) is 70.2 Å². The molecule has 26 heavy (non-hydrogen) atoms. The lowest BCUT2D eigenvalue weighted by Gasteiger charge is -2.35. The van der Waals surface area contributed by atoms with Crippen LogP contribution in [0, 0.1) is 0 Å². The number of thiocarbonyl (C=S) groups is 1. The largest absolute Gasteiger partial charge is 0.346 e. The predicted molar refractivity (Wildman–Crippen MR) is 116 cm³/mol. The number of nitrogens with zero attached hydrogens (tertiary/aromatic N) is 2. The Balaban J connectivity index is 1.45. The molecule has 0 atom stereocenters. The molecular formula is C20H21Cl2N3S. The lowest BCUT2D eigenvalue weighted by atomic mass is 10.2. The fourth-order valence-electron chi connectivity index (χ4n) is 2.86. The molecule has 0 spiro atoms. The normalized spacial score (nSPS) is 15.4. The minimum atomic E-state index is 0.595. The summed E-state index contributed by atoms with van der Waals surface area (Å²) in [6, 6.07) is 15.7. The van der Waals surface area contributed by atoms with Crippen LogP contribution in [0.1, 0.15) is 5.56 Å². The minimum Gasteiger partial charge on any atom is -0.346 e. The molecule has 0 bridgehead atoms. The highest BCUT2D eigenvalue weighted by Gasteiger charge is 2.18. The molecule has 0 unspecified atom stereocenters. The molecule has 1 fully saturated rings. The second-order valence-electron chi connectivity index (χ2n) is 6.19. The van der Waals surface area contributed by atoms with Crippen molar-refractivity contribution in [3.63, 3.8) is 0 Å². The summed E-state index contributed by atoms with van der Waals surface area (Å²) in [4.78, 5) is 4.61. The Kier molecular flexibility index (Phi) is 6.92. The summed E-state index contributed by atoms with van der Waals surface area (Å²) in [5.74, 6) is 0. The first-order valence-electron chi connectivity index (χ1n) is 8.56. The summed E-state index contributed by atoms with van der Waals surface area (Å²) in [5.41, 5.74) is 2.05. The third-order valence-corrected chi connectivity index (χ3v) is 5.04. The van der Waals surface area contributed by atoms with E-state index in [2.05, 4.69) is 51.5 Å². The number of anilines is 1. The smallest absolute Gasteiger partial charge is 0.173 e. The molecule has 6 heteroatoms. The summed E-state index contributed by atoms with van der Waals surface area (Å²) in [6.07, 6.45) is 4.39. The van der Waals surface area contributed by atoms with Crippen molar-refractivity contribution < 1.29 is 0 Å². The summed E-state index contributed by atoms with van der Waals surface area (Å²) in [6.45, 7) is 4.72. The van der Waals surface area contributed by atoms with Gasteiger partial charge in [0.1, 0.15) is 0 Å². The highest BCUT2D eigenvalue weighted by atomic mass is 35.5. The molecular weight excluding hydrogens is 385 g/mol. The number of hydrogen-bond acceptors (Lipinski definition) is 2. The Bertz CT molecular complexity index is 752. The molecule has 1 N–H and O–H groups in total. The number of benzene rings is 2. The van der Waals surface area contributed by atoms with E-state index in [0.29, 0.717) is 15.2 Å². The van der Waals surface area contributed by atoms with E-state index in [-0.39, 0.29) is 0 Å². The van der Waals surface area contributed by atoms with E-state index < -0.39 is 0 Å². The van der Waals surface area contributed by atoms with Crippen LogP contribution in [0.25, 0.3) is 6.08 Å². The van der Waals surface area contributed by atoms with Crippen molar-refractivity contribution in [2.24, 2.45) is 0 Å². The van der Waals surface area contributed by atoms with Crippen molar-refractivity contribution in [1.29, 1.82) is 0 Å².